The summed E-state index contributed by atoms with van der Waals surface area (Å²) < 4.78 is 13.1. The first-order valence-corrected chi connectivity index (χ1v) is 9.65. The molecule has 2 atom stereocenters. The highest BCUT2D eigenvalue weighted by Gasteiger charge is 2.50. The Morgan fingerprint density at radius 2 is 2.14 bits per heavy atom. The second-order valence-corrected chi connectivity index (χ2v) is 7.75. The Morgan fingerprint density at radius 3 is 2.89 bits per heavy atom. The number of aromatic nitrogens is 2. The molecule has 2 aromatic heterocycles. The molecule has 2 fully saturated rings. The van der Waals surface area contributed by atoms with Crippen LogP contribution in [0, 0.1) is 18.2 Å². The average molecular weight is 382 g/mol. The van der Waals surface area contributed by atoms with E-state index in [2.05, 4.69) is 15.3 Å². The molecule has 1 aliphatic heterocycles. The van der Waals surface area contributed by atoms with Gasteiger partial charge in [-0.15, -0.1) is 0 Å². The van der Waals surface area contributed by atoms with Crippen LogP contribution in [0.15, 0.2) is 36.5 Å². The van der Waals surface area contributed by atoms with Crippen LogP contribution in [0.2, 0.25) is 0 Å². The normalized spacial score (nSPS) is 24.6. The number of nitrogens with zero attached hydrogens (tertiary/aromatic N) is 3. The van der Waals surface area contributed by atoms with E-state index in [-0.39, 0.29) is 17.9 Å². The molecule has 146 valence electrons. The van der Waals surface area contributed by atoms with E-state index < -0.39 is 11.2 Å². The topological polar surface area (TPSA) is 75.2 Å². The molecule has 0 radical (unpaired) electrons. The van der Waals surface area contributed by atoms with Crippen molar-refractivity contribution in [2.45, 2.75) is 45.1 Å². The zero-order valence-corrected chi connectivity index (χ0v) is 15.8. The van der Waals surface area contributed by atoms with Gasteiger partial charge in [0, 0.05) is 18.3 Å². The van der Waals surface area contributed by atoms with Gasteiger partial charge in [0.2, 0.25) is 5.91 Å². The van der Waals surface area contributed by atoms with Crippen molar-refractivity contribution < 1.29 is 14.0 Å². The molecule has 3 heterocycles. The van der Waals surface area contributed by atoms with Crippen LogP contribution in [0.3, 0.4) is 0 Å². The number of nitrogens with one attached hydrogen (secondary N) is 1. The number of amides is 2. The van der Waals surface area contributed by atoms with Gasteiger partial charge in [0.15, 0.2) is 0 Å². The van der Waals surface area contributed by atoms with Crippen LogP contribution in [0.4, 0.5) is 10.2 Å². The molecule has 4 rings (SSSR count). The first-order valence-electron chi connectivity index (χ1n) is 9.65. The molecule has 1 N–H and O–H groups in total. The van der Waals surface area contributed by atoms with Gasteiger partial charge < -0.3 is 5.32 Å². The lowest BCUT2D eigenvalue weighted by molar-refractivity contribution is -0.127. The van der Waals surface area contributed by atoms with E-state index in [4.69, 9.17) is 0 Å². The van der Waals surface area contributed by atoms with E-state index in [1.54, 1.807) is 11.0 Å². The molecular weight excluding hydrogens is 359 g/mol. The third-order valence-electron chi connectivity index (χ3n) is 5.80. The molecule has 1 saturated carbocycles. The molecular formula is C21H23FN4O2. The third-order valence-corrected chi connectivity index (χ3v) is 5.80. The lowest BCUT2D eigenvalue weighted by atomic mass is 9.71. The van der Waals surface area contributed by atoms with Crippen molar-refractivity contribution in [3.63, 3.8) is 0 Å². The fraction of sp³-hybridized carbons (Fsp3) is 0.429. The maximum absolute atomic E-state index is 13.2. The first-order chi connectivity index (χ1) is 13.5. The Morgan fingerprint density at radius 1 is 1.29 bits per heavy atom. The summed E-state index contributed by atoms with van der Waals surface area (Å²) in [5.74, 6) is -0.110. The average Bonchev–Trinajstić information content (AvgIpc) is 2.98. The van der Waals surface area contributed by atoms with Crippen LogP contribution in [-0.4, -0.2) is 34.4 Å². The standard InChI is InChI=1S/C21H23FN4O2/c1-14-4-2-6-17(24-14)19(27)25-16-5-3-9-21(12-16)10-11-26(20(21)28)18-8-7-15(22)13-23-18/h2,4,6-8,13,16H,3,5,9-12H2,1H3,(H,25,27)/t16-,21?/m1/s1. The van der Waals surface area contributed by atoms with Crippen LogP contribution >= 0.6 is 0 Å². The highest BCUT2D eigenvalue weighted by atomic mass is 19.1. The molecule has 0 aromatic carbocycles. The van der Waals surface area contributed by atoms with Crippen molar-refractivity contribution in [1.29, 1.82) is 0 Å². The third kappa shape index (κ3) is 3.48. The van der Waals surface area contributed by atoms with E-state index in [0.717, 1.165) is 37.6 Å². The highest BCUT2D eigenvalue weighted by Crippen LogP contribution is 2.45. The van der Waals surface area contributed by atoms with Crippen molar-refractivity contribution in [3.05, 3.63) is 53.7 Å². The summed E-state index contributed by atoms with van der Waals surface area (Å²) in [5.41, 5.74) is 0.711. The van der Waals surface area contributed by atoms with Crippen molar-refractivity contribution in [1.82, 2.24) is 15.3 Å². The second kappa shape index (κ2) is 7.30. The molecule has 2 aliphatic rings. The van der Waals surface area contributed by atoms with E-state index in [1.165, 1.54) is 12.1 Å². The largest absolute Gasteiger partial charge is 0.348 e. The number of pyridine rings is 2. The minimum atomic E-state index is -0.480. The Balaban J connectivity index is 1.46. The monoisotopic (exact) mass is 382 g/mol. The SMILES string of the molecule is Cc1cccc(C(=O)N[C@@H]2CCCC3(CCN(c4ccc(F)cn4)C3=O)C2)n1. The summed E-state index contributed by atoms with van der Waals surface area (Å²) >= 11 is 0. The van der Waals surface area contributed by atoms with Gasteiger partial charge in [0.05, 0.1) is 11.6 Å². The summed E-state index contributed by atoms with van der Waals surface area (Å²) in [6.45, 7) is 2.42. The quantitative estimate of drug-likeness (QED) is 0.885. The predicted molar refractivity (Wildman–Crippen MR) is 102 cm³/mol. The fourth-order valence-electron chi connectivity index (χ4n) is 4.40. The molecule has 1 saturated heterocycles. The number of anilines is 1. The van der Waals surface area contributed by atoms with Gasteiger partial charge in [-0.1, -0.05) is 12.5 Å². The van der Waals surface area contributed by atoms with Crippen molar-refractivity contribution in [2.24, 2.45) is 5.41 Å². The number of carbonyl (C=O) groups is 2. The number of hydrogen-bond acceptors (Lipinski definition) is 4. The molecule has 1 aliphatic carbocycles. The number of halogens is 1. The zero-order valence-electron chi connectivity index (χ0n) is 15.8. The van der Waals surface area contributed by atoms with Gasteiger partial charge in [-0.2, -0.15) is 0 Å². The fourth-order valence-corrected chi connectivity index (χ4v) is 4.40. The van der Waals surface area contributed by atoms with E-state index >= 15 is 0 Å². The molecule has 2 aromatic rings. The van der Waals surface area contributed by atoms with Gasteiger partial charge in [-0.3, -0.25) is 14.5 Å². The second-order valence-electron chi connectivity index (χ2n) is 7.75. The molecule has 6 nitrogen and oxygen atoms in total. The van der Waals surface area contributed by atoms with Gasteiger partial charge in [-0.05, 0) is 56.9 Å². The Kier molecular flexibility index (Phi) is 4.83. The summed E-state index contributed by atoms with van der Waals surface area (Å²) in [4.78, 5) is 35.7. The van der Waals surface area contributed by atoms with Gasteiger partial charge in [0.25, 0.3) is 5.91 Å². The van der Waals surface area contributed by atoms with Crippen LogP contribution < -0.4 is 10.2 Å². The Labute approximate surface area is 163 Å². The summed E-state index contributed by atoms with van der Waals surface area (Å²) in [5, 5.41) is 3.06. The number of carbonyl (C=O) groups excluding carboxylic acids is 2. The lowest BCUT2D eigenvalue weighted by Gasteiger charge is -2.36. The summed E-state index contributed by atoms with van der Waals surface area (Å²) in [6.07, 6.45) is 5.00. The van der Waals surface area contributed by atoms with Crippen molar-refractivity contribution in [3.8, 4) is 0 Å². The molecule has 0 bridgehead atoms. The molecule has 1 spiro atoms. The molecule has 28 heavy (non-hydrogen) atoms. The van der Waals surface area contributed by atoms with E-state index in [9.17, 15) is 14.0 Å². The number of hydrogen-bond donors (Lipinski definition) is 1. The maximum atomic E-state index is 13.2. The maximum Gasteiger partial charge on any atom is 0.270 e. The van der Waals surface area contributed by atoms with Gasteiger partial charge >= 0.3 is 0 Å². The van der Waals surface area contributed by atoms with Gasteiger partial charge in [-0.25, -0.2) is 14.4 Å². The minimum Gasteiger partial charge on any atom is -0.348 e. The Hall–Kier alpha value is -2.83. The number of rotatable bonds is 3. The Bertz CT molecular complexity index is 902. The van der Waals surface area contributed by atoms with Crippen molar-refractivity contribution >= 4 is 17.6 Å². The first kappa shape index (κ1) is 18.5. The predicted octanol–water partition coefficient (Wildman–Crippen LogP) is 3.02. The van der Waals surface area contributed by atoms with Crippen LogP contribution in [0.5, 0.6) is 0 Å². The smallest absolute Gasteiger partial charge is 0.270 e. The number of aryl methyl sites for hydroxylation is 1. The van der Waals surface area contributed by atoms with E-state index in [0.29, 0.717) is 24.5 Å². The van der Waals surface area contributed by atoms with Crippen LogP contribution in [-0.2, 0) is 4.79 Å². The molecule has 2 amide bonds. The molecule has 7 heteroatoms. The van der Waals surface area contributed by atoms with E-state index in [1.807, 2.05) is 19.1 Å². The van der Waals surface area contributed by atoms with Crippen LogP contribution in [0.1, 0.15) is 48.3 Å². The highest BCUT2D eigenvalue weighted by molar-refractivity contribution is 5.99. The lowest BCUT2D eigenvalue weighted by Crippen LogP contribution is -2.46. The minimum absolute atomic E-state index is 0.0271. The zero-order chi connectivity index (χ0) is 19.7. The van der Waals surface area contributed by atoms with Gasteiger partial charge in [0.1, 0.15) is 17.3 Å². The summed E-state index contributed by atoms with van der Waals surface area (Å²) in [7, 11) is 0. The molecule has 1 unspecified atom stereocenters. The summed E-state index contributed by atoms with van der Waals surface area (Å²) in [6, 6.07) is 8.16. The van der Waals surface area contributed by atoms with Crippen LogP contribution in [0.25, 0.3) is 0 Å². The van der Waals surface area contributed by atoms with Crippen molar-refractivity contribution in [2.75, 3.05) is 11.4 Å².